The molecule has 1 aromatic carbocycles. The molecular formula is C20H21F3N2O3. The van der Waals surface area contributed by atoms with Gasteiger partial charge in [0, 0.05) is 25.2 Å². The normalized spacial score (nSPS) is 16.9. The third kappa shape index (κ3) is 4.74. The van der Waals surface area contributed by atoms with E-state index in [4.69, 9.17) is 9.47 Å². The standard InChI is InChI=1S/C20H21F3N2O3/c1-13-9-14(3-4-17(13)27-2)10-19(26)25-8-6-16(12-25)28-18-11-15(5-7-24-18)20(21,22)23/h3-5,7,9,11,16H,6,8,10,12H2,1-2H3. The number of benzene rings is 1. The predicted octanol–water partition coefficient (Wildman–Crippen LogP) is 3.64. The van der Waals surface area contributed by atoms with Gasteiger partial charge in [0.05, 0.1) is 25.6 Å². The highest BCUT2D eigenvalue weighted by Gasteiger charge is 2.32. The third-order valence-corrected chi connectivity index (χ3v) is 4.66. The number of amides is 1. The zero-order valence-corrected chi connectivity index (χ0v) is 15.6. The fourth-order valence-corrected chi connectivity index (χ4v) is 3.21. The molecule has 150 valence electrons. The number of nitrogens with zero attached hydrogens (tertiary/aromatic N) is 2. The Morgan fingerprint density at radius 3 is 2.75 bits per heavy atom. The lowest BCUT2D eigenvalue weighted by molar-refractivity contribution is -0.137. The minimum absolute atomic E-state index is 0.0485. The van der Waals surface area contributed by atoms with Gasteiger partial charge in [-0.25, -0.2) is 4.98 Å². The third-order valence-electron chi connectivity index (χ3n) is 4.66. The van der Waals surface area contributed by atoms with Crippen molar-refractivity contribution in [2.75, 3.05) is 20.2 Å². The van der Waals surface area contributed by atoms with Crippen LogP contribution in [0.3, 0.4) is 0 Å². The summed E-state index contributed by atoms with van der Waals surface area (Å²) in [5, 5.41) is 0. The highest BCUT2D eigenvalue weighted by molar-refractivity contribution is 5.79. The highest BCUT2D eigenvalue weighted by atomic mass is 19.4. The van der Waals surface area contributed by atoms with Crippen LogP contribution in [0.4, 0.5) is 13.2 Å². The van der Waals surface area contributed by atoms with Gasteiger partial charge in [-0.05, 0) is 30.2 Å². The summed E-state index contributed by atoms with van der Waals surface area (Å²) in [4.78, 5) is 18.0. The number of aromatic nitrogens is 1. The molecule has 0 aliphatic carbocycles. The van der Waals surface area contributed by atoms with Gasteiger partial charge in [-0.1, -0.05) is 12.1 Å². The van der Waals surface area contributed by atoms with Crippen LogP contribution in [0.15, 0.2) is 36.5 Å². The second-order valence-corrected chi connectivity index (χ2v) is 6.73. The van der Waals surface area contributed by atoms with Crippen LogP contribution < -0.4 is 9.47 Å². The summed E-state index contributed by atoms with van der Waals surface area (Å²) in [5.41, 5.74) is 1.02. The van der Waals surface area contributed by atoms with Gasteiger partial charge in [0.1, 0.15) is 11.9 Å². The van der Waals surface area contributed by atoms with E-state index in [9.17, 15) is 18.0 Å². The average molecular weight is 394 g/mol. The summed E-state index contributed by atoms with van der Waals surface area (Å²) in [6, 6.07) is 7.36. The molecule has 8 heteroatoms. The van der Waals surface area contributed by atoms with Gasteiger partial charge >= 0.3 is 6.18 Å². The van der Waals surface area contributed by atoms with Crippen molar-refractivity contribution in [3.05, 3.63) is 53.2 Å². The topological polar surface area (TPSA) is 51.7 Å². The monoisotopic (exact) mass is 394 g/mol. The van der Waals surface area contributed by atoms with Gasteiger partial charge in [-0.15, -0.1) is 0 Å². The maximum atomic E-state index is 12.8. The first-order valence-corrected chi connectivity index (χ1v) is 8.87. The number of hydrogen-bond acceptors (Lipinski definition) is 4. The Bertz CT molecular complexity index is 855. The fraction of sp³-hybridized carbons (Fsp3) is 0.400. The number of ether oxygens (including phenoxy) is 2. The van der Waals surface area contributed by atoms with E-state index in [0.717, 1.165) is 35.2 Å². The number of aryl methyl sites for hydroxylation is 1. The molecule has 1 fully saturated rings. The molecule has 2 heterocycles. The van der Waals surface area contributed by atoms with Crippen molar-refractivity contribution in [1.82, 2.24) is 9.88 Å². The maximum Gasteiger partial charge on any atom is 0.416 e. The van der Waals surface area contributed by atoms with E-state index in [2.05, 4.69) is 4.98 Å². The first-order chi connectivity index (χ1) is 13.3. The van der Waals surface area contributed by atoms with E-state index in [1.165, 1.54) is 0 Å². The highest BCUT2D eigenvalue weighted by Crippen LogP contribution is 2.31. The van der Waals surface area contributed by atoms with E-state index in [1.807, 2.05) is 25.1 Å². The Hall–Kier alpha value is -2.77. The number of rotatable bonds is 5. The number of hydrogen-bond donors (Lipinski definition) is 0. The molecule has 0 bridgehead atoms. The molecule has 1 aliphatic rings. The lowest BCUT2D eigenvalue weighted by Gasteiger charge is -2.18. The Balaban J connectivity index is 1.58. The van der Waals surface area contributed by atoms with Crippen molar-refractivity contribution in [3.8, 4) is 11.6 Å². The predicted molar refractivity (Wildman–Crippen MR) is 96.3 cm³/mol. The van der Waals surface area contributed by atoms with Gasteiger partial charge in [0.2, 0.25) is 11.8 Å². The fourth-order valence-electron chi connectivity index (χ4n) is 3.21. The number of methoxy groups -OCH3 is 1. The number of carbonyl (C=O) groups is 1. The van der Waals surface area contributed by atoms with Crippen LogP contribution in [0, 0.1) is 6.92 Å². The van der Waals surface area contributed by atoms with E-state index in [-0.39, 0.29) is 24.3 Å². The first-order valence-electron chi connectivity index (χ1n) is 8.87. The zero-order valence-electron chi connectivity index (χ0n) is 15.6. The van der Waals surface area contributed by atoms with Crippen molar-refractivity contribution in [2.45, 2.75) is 32.0 Å². The Labute approximate surface area is 161 Å². The lowest BCUT2D eigenvalue weighted by atomic mass is 10.1. The minimum Gasteiger partial charge on any atom is -0.496 e. The summed E-state index contributed by atoms with van der Waals surface area (Å²) < 4.78 is 49.2. The molecule has 1 aliphatic heterocycles. The van der Waals surface area contributed by atoms with Gasteiger partial charge in [0.15, 0.2) is 0 Å². The van der Waals surface area contributed by atoms with Crippen LogP contribution in [0.1, 0.15) is 23.1 Å². The Morgan fingerprint density at radius 2 is 2.07 bits per heavy atom. The molecule has 1 unspecified atom stereocenters. The molecule has 3 rings (SSSR count). The molecule has 1 aromatic heterocycles. The Kier molecular flexibility index (Phi) is 5.76. The summed E-state index contributed by atoms with van der Waals surface area (Å²) in [7, 11) is 1.59. The smallest absolute Gasteiger partial charge is 0.416 e. The SMILES string of the molecule is COc1ccc(CC(=O)N2CCC(Oc3cc(C(F)(F)F)ccn3)C2)cc1C. The molecule has 1 atom stereocenters. The summed E-state index contributed by atoms with van der Waals surface area (Å²) in [6.45, 7) is 2.73. The zero-order chi connectivity index (χ0) is 20.3. The molecule has 0 radical (unpaired) electrons. The average Bonchev–Trinajstić information content (AvgIpc) is 3.10. The van der Waals surface area contributed by atoms with Crippen LogP contribution in [0.25, 0.3) is 0 Å². The molecule has 28 heavy (non-hydrogen) atoms. The van der Waals surface area contributed by atoms with Crippen LogP contribution in [0.2, 0.25) is 0 Å². The number of alkyl halides is 3. The van der Waals surface area contributed by atoms with Crippen molar-refractivity contribution in [3.63, 3.8) is 0 Å². The van der Waals surface area contributed by atoms with Gasteiger partial charge < -0.3 is 14.4 Å². The number of carbonyl (C=O) groups excluding carboxylic acids is 1. The van der Waals surface area contributed by atoms with Gasteiger partial charge in [0.25, 0.3) is 0 Å². The molecule has 0 N–H and O–H groups in total. The molecule has 1 amide bonds. The Morgan fingerprint density at radius 1 is 1.29 bits per heavy atom. The molecule has 1 saturated heterocycles. The molecule has 2 aromatic rings. The second kappa shape index (κ2) is 8.08. The number of pyridine rings is 1. The second-order valence-electron chi connectivity index (χ2n) is 6.73. The van der Waals surface area contributed by atoms with Crippen LogP contribution in [-0.2, 0) is 17.4 Å². The van der Waals surface area contributed by atoms with Crippen LogP contribution >= 0.6 is 0 Å². The lowest BCUT2D eigenvalue weighted by Crippen LogP contribution is -2.32. The van der Waals surface area contributed by atoms with E-state index >= 15 is 0 Å². The largest absolute Gasteiger partial charge is 0.496 e. The van der Waals surface area contributed by atoms with E-state index in [0.29, 0.717) is 19.5 Å². The van der Waals surface area contributed by atoms with Crippen LogP contribution in [0.5, 0.6) is 11.6 Å². The van der Waals surface area contributed by atoms with Crippen molar-refractivity contribution >= 4 is 5.91 Å². The van der Waals surface area contributed by atoms with Crippen molar-refractivity contribution < 1.29 is 27.4 Å². The first kappa shape index (κ1) is 20.0. The summed E-state index contributed by atoms with van der Waals surface area (Å²) >= 11 is 0. The van der Waals surface area contributed by atoms with Crippen LogP contribution in [-0.4, -0.2) is 42.1 Å². The van der Waals surface area contributed by atoms with E-state index in [1.54, 1.807) is 12.0 Å². The van der Waals surface area contributed by atoms with Gasteiger partial charge in [-0.2, -0.15) is 13.2 Å². The molecule has 0 saturated carbocycles. The van der Waals surface area contributed by atoms with Crippen molar-refractivity contribution in [2.24, 2.45) is 0 Å². The maximum absolute atomic E-state index is 12.8. The molecule has 5 nitrogen and oxygen atoms in total. The number of likely N-dealkylation sites (tertiary alicyclic amines) is 1. The minimum atomic E-state index is -4.45. The summed E-state index contributed by atoms with van der Waals surface area (Å²) in [6.07, 6.45) is -2.96. The van der Waals surface area contributed by atoms with Gasteiger partial charge in [-0.3, -0.25) is 4.79 Å². The molecular weight excluding hydrogens is 373 g/mol. The van der Waals surface area contributed by atoms with Crippen molar-refractivity contribution in [1.29, 1.82) is 0 Å². The quantitative estimate of drug-likeness (QED) is 0.777. The molecule has 0 spiro atoms. The number of halogens is 3. The van der Waals surface area contributed by atoms with E-state index < -0.39 is 11.7 Å². The summed E-state index contributed by atoms with van der Waals surface area (Å²) in [5.74, 6) is 0.631.